The Kier molecular flexibility index (Phi) is 7.42. The molecule has 0 saturated heterocycles. The summed E-state index contributed by atoms with van der Waals surface area (Å²) in [5, 5.41) is 0. The summed E-state index contributed by atoms with van der Waals surface area (Å²) in [4.78, 5) is 31.8. The van der Waals surface area contributed by atoms with E-state index >= 15 is 0 Å². The van der Waals surface area contributed by atoms with Crippen LogP contribution in [0.4, 0.5) is 0 Å². The van der Waals surface area contributed by atoms with E-state index in [2.05, 4.69) is 20.9 Å². The maximum atomic E-state index is 13.7. The van der Waals surface area contributed by atoms with Crippen LogP contribution in [0.5, 0.6) is 5.75 Å². The summed E-state index contributed by atoms with van der Waals surface area (Å²) in [5.41, 5.74) is 3.51. The zero-order valence-electron chi connectivity index (χ0n) is 20.3. The minimum Gasteiger partial charge on any atom is -0.490 e. The molecule has 0 bridgehead atoms. The molecular weight excluding hydrogens is 528 g/mol. The lowest BCUT2D eigenvalue weighted by Gasteiger charge is -2.24. The molecule has 0 N–H and O–H groups in total. The fraction of sp³-hybridized carbons (Fsp3) is 0.296. The van der Waals surface area contributed by atoms with Crippen molar-refractivity contribution < 1.29 is 14.3 Å². The first kappa shape index (κ1) is 25.1. The summed E-state index contributed by atoms with van der Waals surface area (Å²) in [7, 11) is 0. The monoisotopic (exact) mass is 554 g/mol. The third kappa shape index (κ3) is 5.18. The fourth-order valence-corrected chi connectivity index (χ4v) is 5.50. The van der Waals surface area contributed by atoms with Gasteiger partial charge in [-0.3, -0.25) is 9.36 Å². The fourth-order valence-electron chi connectivity index (χ4n) is 3.96. The van der Waals surface area contributed by atoms with E-state index in [-0.39, 0.29) is 18.3 Å². The normalized spacial score (nSPS) is 15.7. The van der Waals surface area contributed by atoms with Crippen molar-refractivity contribution in [2.75, 3.05) is 6.61 Å². The molecular formula is C27H27BrN2O4S. The van der Waals surface area contributed by atoms with Gasteiger partial charge >= 0.3 is 5.97 Å². The van der Waals surface area contributed by atoms with Crippen molar-refractivity contribution >= 4 is 39.3 Å². The molecule has 0 saturated carbocycles. The van der Waals surface area contributed by atoms with Gasteiger partial charge in [0.05, 0.1) is 39.0 Å². The van der Waals surface area contributed by atoms with Gasteiger partial charge in [-0.25, -0.2) is 9.79 Å². The average molecular weight is 555 g/mol. The highest BCUT2D eigenvalue weighted by Gasteiger charge is 2.33. The molecule has 182 valence electrons. The van der Waals surface area contributed by atoms with Gasteiger partial charge in [0.1, 0.15) is 5.75 Å². The van der Waals surface area contributed by atoms with Crippen LogP contribution in [0.1, 0.15) is 50.4 Å². The maximum absolute atomic E-state index is 13.7. The number of hydrogen-bond donors (Lipinski definition) is 0. The van der Waals surface area contributed by atoms with Crippen LogP contribution in [0.3, 0.4) is 0 Å². The molecule has 1 aliphatic heterocycles. The topological polar surface area (TPSA) is 69.9 Å². The number of nitrogens with zero attached hydrogens (tertiary/aromatic N) is 2. The molecule has 8 heteroatoms. The Morgan fingerprint density at radius 1 is 1.20 bits per heavy atom. The zero-order valence-corrected chi connectivity index (χ0v) is 22.7. The van der Waals surface area contributed by atoms with Crippen LogP contribution < -0.4 is 19.6 Å². The number of aromatic nitrogens is 1. The molecule has 0 aliphatic carbocycles. The van der Waals surface area contributed by atoms with Crippen LogP contribution in [-0.4, -0.2) is 23.2 Å². The van der Waals surface area contributed by atoms with Gasteiger partial charge in [-0.05, 0) is 79.9 Å². The smallest absolute Gasteiger partial charge is 0.338 e. The van der Waals surface area contributed by atoms with Crippen molar-refractivity contribution in [3.8, 4) is 5.75 Å². The number of fused-ring (bicyclic) bond motifs is 1. The van der Waals surface area contributed by atoms with E-state index in [1.165, 1.54) is 11.3 Å². The van der Waals surface area contributed by atoms with Crippen molar-refractivity contribution in [1.29, 1.82) is 0 Å². The Hall–Kier alpha value is -2.97. The molecule has 0 radical (unpaired) electrons. The molecule has 0 amide bonds. The third-order valence-corrected chi connectivity index (χ3v) is 7.13. The van der Waals surface area contributed by atoms with Gasteiger partial charge in [0.2, 0.25) is 0 Å². The maximum Gasteiger partial charge on any atom is 0.338 e. The Morgan fingerprint density at radius 3 is 2.54 bits per heavy atom. The van der Waals surface area contributed by atoms with E-state index in [0.29, 0.717) is 20.6 Å². The van der Waals surface area contributed by atoms with Crippen molar-refractivity contribution in [1.82, 2.24) is 4.57 Å². The summed E-state index contributed by atoms with van der Waals surface area (Å²) in [6, 6.07) is 12.9. The minimum atomic E-state index is -0.610. The lowest BCUT2D eigenvalue weighted by atomic mass is 9.95. The van der Waals surface area contributed by atoms with Crippen molar-refractivity contribution in [2.45, 2.75) is 46.8 Å². The van der Waals surface area contributed by atoms with Gasteiger partial charge < -0.3 is 9.47 Å². The molecule has 1 aromatic heterocycles. The quantitative estimate of drug-likeness (QED) is 0.415. The van der Waals surface area contributed by atoms with Crippen LogP contribution >= 0.6 is 27.3 Å². The van der Waals surface area contributed by atoms with Gasteiger partial charge in [-0.2, -0.15) is 0 Å². The number of halogens is 1. The van der Waals surface area contributed by atoms with Gasteiger partial charge in [0.15, 0.2) is 4.80 Å². The summed E-state index contributed by atoms with van der Waals surface area (Å²) in [5.74, 6) is 0.283. The Labute approximate surface area is 216 Å². The number of benzene rings is 2. The average Bonchev–Trinajstić information content (AvgIpc) is 3.09. The minimum absolute atomic E-state index is 0.0550. The Balaban J connectivity index is 1.87. The molecule has 6 nitrogen and oxygen atoms in total. The highest BCUT2D eigenvalue weighted by molar-refractivity contribution is 9.10. The van der Waals surface area contributed by atoms with Gasteiger partial charge in [-0.1, -0.05) is 47.2 Å². The van der Waals surface area contributed by atoms with Gasteiger partial charge in [-0.15, -0.1) is 0 Å². The first-order chi connectivity index (χ1) is 16.7. The summed E-state index contributed by atoms with van der Waals surface area (Å²) in [6.45, 7) is 9.73. The molecule has 0 unspecified atom stereocenters. The number of ether oxygens (including phenoxy) is 2. The number of esters is 1. The predicted octanol–water partition coefficient (Wildman–Crippen LogP) is 4.66. The van der Waals surface area contributed by atoms with Crippen LogP contribution in [0.2, 0.25) is 0 Å². The lowest BCUT2D eigenvalue weighted by Crippen LogP contribution is -2.39. The summed E-state index contributed by atoms with van der Waals surface area (Å²) >= 11 is 4.86. The number of aryl methyl sites for hydroxylation is 1. The van der Waals surface area contributed by atoms with E-state index < -0.39 is 12.0 Å². The summed E-state index contributed by atoms with van der Waals surface area (Å²) in [6.07, 6.45) is 1.89. The van der Waals surface area contributed by atoms with E-state index in [1.54, 1.807) is 18.4 Å². The molecule has 3 aromatic rings. The van der Waals surface area contributed by atoms with E-state index in [9.17, 15) is 9.59 Å². The van der Waals surface area contributed by atoms with E-state index in [4.69, 9.17) is 9.47 Å². The van der Waals surface area contributed by atoms with Crippen molar-refractivity contribution in [3.05, 3.63) is 94.6 Å². The molecule has 35 heavy (non-hydrogen) atoms. The SMILES string of the molecule is CCOC(=O)C1=C(C)N=c2s/c(=C\c3ccc(OC(C)C)c(Br)c3)c(=O)n2[C@@H]1c1ccc(C)cc1. The van der Waals surface area contributed by atoms with Crippen molar-refractivity contribution in [2.24, 2.45) is 4.99 Å². The second-order valence-corrected chi connectivity index (χ2v) is 10.4. The molecule has 1 aliphatic rings. The second kappa shape index (κ2) is 10.3. The van der Waals surface area contributed by atoms with Crippen LogP contribution in [0.15, 0.2) is 68.0 Å². The largest absolute Gasteiger partial charge is 0.490 e. The number of allylic oxidation sites excluding steroid dienone is 1. The predicted molar refractivity (Wildman–Crippen MR) is 141 cm³/mol. The van der Waals surface area contributed by atoms with E-state index in [1.807, 2.05) is 69.3 Å². The zero-order chi connectivity index (χ0) is 25.3. The van der Waals surface area contributed by atoms with E-state index in [0.717, 1.165) is 26.9 Å². The van der Waals surface area contributed by atoms with Crippen molar-refractivity contribution in [3.63, 3.8) is 0 Å². The molecule has 4 rings (SSSR count). The molecule has 2 aromatic carbocycles. The van der Waals surface area contributed by atoms with Crippen LogP contribution in [-0.2, 0) is 9.53 Å². The molecule has 0 fully saturated rings. The standard InChI is InChI=1S/C27H27BrN2O4S/c1-6-33-26(32)23-17(5)29-27-30(24(23)19-10-7-16(4)8-11-19)25(31)22(35-27)14-18-9-12-21(20(28)13-18)34-15(2)3/h7-15,24H,6H2,1-5H3/b22-14-/t24-/m1/s1. The third-order valence-electron chi connectivity index (χ3n) is 5.53. The first-order valence-electron chi connectivity index (χ1n) is 11.4. The number of carbonyl (C=O) groups excluding carboxylic acids is 1. The summed E-state index contributed by atoms with van der Waals surface area (Å²) < 4.78 is 14.1. The molecule has 2 heterocycles. The highest BCUT2D eigenvalue weighted by Crippen LogP contribution is 2.31. The Bertz CT molecular complexity index is 1480. The first-order valence-corrected chi connectivity index (χ1v) is 13.0. The van der Waals surface area contributed by atoms with Crippen LogP contribution in [0, 0.1) is 6.92 Å². The van der Waals surface area contributed by atoms with Gasteiger partial charge in [0.25, 0.3) is 5.56 Å². The Morgan fingerprint density at radius 2 is 1.91 bits per heavy atom. The number of hydrogen-bond acceptors (Lipinski definition) is 6. The number of carbonyl (C=O) groups is 1. The number of rotatable bonds is 6. The van der Waals surface area contributed by atoms with Crippen LogP contribution in [0.25, 0.3) is 6.08 Å². The lowest BCUT2D eigenvalue weighted by molar-refractivity contribution is -0.139. The molecule has 1 atom stereocenters. The van der Waals surface area contributed by atoms with Gasteiger partial charge in [0, 0.05) is 0 Å². The second-order valence-electron chi connectivity index (χ2n) is 8.57. The highest BCUT2D eigenvalue weighted by atomic mass is 79.9. The molecule has 0 spiro atoms. The number of thiazole rings is 1.